The summed E-state index contributed by atoms with van der Waals surface area (Å²) in [7, 11) is 0. The minimum absolute atomic E-state index is 0.423. The summed E-state index contributed by atoms with van der Waals surface area (Å²) in [6, 6.07) is 26.3. The van der Waals surface area contributed by atoms with E-state index in [1.54, 1.807) is 42.5 Å². The third kappa shape index (κ3) is 4.95. The number of benzene rings is 4. The van der Waals surface area contributed by atoms with Crippen LogP contribution in [0.4, 0.5) is 11.4 Å². The minimum atomic E-state index is -0.423. The molecule has 0 aliphatic carbocycles. The van der Waals surface area contributed by atoms with Gasteiger partial charge in [0.05, 0.1) is 23.5 Å². The molecule has 0 fully saturated rings. The molecule has 0 radical (unpaired) electrons. The van der Waals surface area contributed by atoms with E-state index in [1.807, 2.05) is 50.2 Å². The summed E-state index contributed by atoms with van der Waals surface area (Å²) in [6.45, 7) is 4.39. The Morgan fingerprint density at radius 1 is 0.806 bits per heavy atom. The van der Waals surface area contributed by atoms with E-state index >= 15 is 0 Å². The largest absolute Gasteiger partial charge is 0.494 e. The number of carbonyl (C=O) groups excluding carboxylic acids is 1. The Morgan fingerprint density at radius 3 is 2.29 bits per heavy atom. The van der Waals surface area contributed by atoms with E-state index in [0.717, 1.165) is 27.8 Å². The van der Waals surface area contributed by atoms with Crippen LogP contribution in [-0.2, 0) is 0 Å². The van der Waals surface area contributed by atoms with Gasteiger partial charge in [-0.3, -0.25) is 0 Å². The van der Waals surface area contributed by atoms with Crippen molar-refractivity contribution in [3.05, 3.63) is 96.1 Å². The number of fused-ring (bicyclic) bond motifs is 1. The maximum Gasteiger partial charge on any atom is 0.343 e. The zero-order valence-corrected chi connectivity index (χ0v) is 17.4. The lowest BCUT2D eigenvalue weighted by Gasteiger charge is -2.07. The summed E-state index contributed by atoms with van der Waals surface area (Å²) in [5, 5.41) is 11.0. The fourth-order valence-electron chi connectivity index (χ4n) is 3.17. The topological polar surface area (TPSA) is 60.2 Å². The maximum absolute atomic E-state index is 12.4. The molecule has 4 aromatic carbocycles. The van der Waals surface area contributed by atoms with Gasteiger partial charge in [-0.25, -0.2) is 4.79 Å². The first-order chi connectivity index (χ1) is 15.1. The van der Waals surface area contributed by atoms with Crippen molar-refractivity contribution >= 4 is 28.1 Å². The molecule has 0 aliphatic rings. The van der Waals surface area contributed by atoms with Gasteiger partial charge in [0.25, 0.3) is 0 Å². The van der Waals surface area contributed by atoms with Crippen molar-refractivity contribution in [2.24, 2.45) is 10.2 Å². The number of hydrogen-bond acceptors (Lipinski definition) is 5. The first-order valence-corrected chi connectivity index (χ1v) is 10.1. The van der Waals surface area contributed by atoms with E-state index in [0.29, 0.717) is 23.6 Å². The Kier molecular flexibility index (Phi) is 6.03. The Bertz CT molecular complexity index is 1250. The van der Waals surface area contributed by atoms with E-state index in [9.17, 15) is 4.79 Å². The molecule has 4 rings (SSSR count). The molecule has 154 valence electrons. The minimum Gasteiger partial charge on any atom is -0.494 e. The second-order valence-electron chi connectivity index (χ2n) is 7.03. The highest BCUT2D eigenvalue weighted by Gasteiger charge is 2.10. The number of hydrogen-bond donors (Lipinski definition) is 0. The number of rotatable bonds is 6. The van der Waals surface area contributed by atoms with Crippen molar-refractivity contribution in [2.75, 3.05) is 6.61 Å². The van der Waals surface area contributed by atoms with Crippen molar-refractivity contribution < 1.29 is 14.3 Å². The summed E-state index contributed by atoms with van der Waals surface area (Å²) in [4.78, 5) is 12.4. The number of carbonyl (C=O) groups is 1. The molecule has 0 saturated carbocycles. The van der Waals surface area contributed by atoms with Gasteiger partial charge in [0, 0.05) is 0 Å². The van der Waals surface area contributed by atoms with Crippen LogP contribution in [0.3, 0.4) is 0 Å². The lowest BCUT2D eigenvalue weighted by molar-refractivity contribution is 0.0734. The molecule has 0 bridgehead atoms. The highest BCUT2D eigenvalue weighted by atomic mass is 16.5. The first kappa shape index (κ1) is 20.3. The fraction of sp³-hybridized carbons (Fsp3) is 0.115. The summed E-state index contributed by atoms with van der Waals surface area (Å²) in [6.07, 6.45) is 0. The van der Waals surface area contributed by atoms with Crippen molar-refractivity contribution in [1.29, 1.82) is 0 Å². The molecule has 0 aromatic heterocycles. The maximum atomic E-state index is 12.4. The quantitative estimate of drug-likeness (QED) is 0.192. The molecule has 5 nitrogen and oxygen atoms in total. The Balaban J connectivity index is 1.45. The van der Waals surface area contributed by atoms with Crippen molar-refractivity contribution in [3.8, 4) is 11.5 Å². The molecule has 0 unspecified atom stereocenters. The van der Waals surface area contributed by atoms with Crippen LogP contribution in [0.5, 0.6) is 11.5 Å². The monoisotopic (exact) mass is 410 g/mol. The van der Waals surface area contributed by atoms with Gasteiger partial charge in [0.15, 0.2) is 0 Å². The number of nitrogens with zero attached hydrogens (tertiary/aromatic N) is 2. The molecule has 0 saturated heterocycles. The Morgan fingerprint density at radius 2 is 1.55 bits per heavy atom. The molecule has 0 atom stereocenters. The number of esters is 1. The van der Waals surface area contributed by atoms with Crippen LogP contribution in [0.1, 0.15) is 22.8 Å². The standard InChI is InChI=1S/C26H22N2O3/c1-3-30-23-12-9-20(10-13-23)26(29)31-24-14-15-25(18(2)16-24)28-27-22-11-8-19-6-4-5-7-21(19)17-22/h4-17H,3H2,1-2H3. The normalized spacial score (nSPS) is 11.0. The smallest absolute Gasteiger partial charge is 0.343 e. The van der Waals surface area contributed by atoms with Crippen LogP contribution in [0.15, 0.2) is 95.2 Å². The predicted octanol–water partition coefficient (Wildman–Crippen LogP) is 7.18. The average molecular weight is 410 g/mol. The van der Waals surface area contributed by atoms with Gasteiger partial charge in [-0.05, 0) is 84.8 Å². The van der Waals surface area contributed by atoms with Crippen LogP contribution in [-0.4, -0.2) is 12.6 Å². The van der Waals surface area contributed by atoms with E-state index in [-0.39, 0.29) is 0 Å². The fourth-order valence-corrected chi connectivity index (χ4v) is 3.17. The molecule has 5 heteroatoms. The summed E-state index contributed by atoms with van der Waals surface area (Å²) in [5.41, 5.74) is 2.82. The lowest BCUT2D eigenvalue weighted by Crippen LogP contribution is -2.08. The molecule has 0 spiro atoms. The van der Waals surface area contributed by atoms with Gasteiger partial charge < -0.3 is 9.47 Å². The Hall–Kier alpha value is -3.99. The van der Waals surface area contributed by atoms with E-state index in [4.69, 9.17) is 9.47 Å². The van der Waals surface area contributed by atoms with E-state index in [2.05, 4.69) is 16.3 Å². The number of ether oxygens (including phenoxy) is 2. The highest BCUT2D eigenvalue weighted by molar-refractivity contribution is 5.91. The van der Waals surface area contributed by atoms with Crippen LogP contribution in [0, 0.1) is 6.92 Å². The van der Waals surface area contributed by atoms with Crippen LogP contribution in [0.2, 0.25) is 0 Å². The van der Waals surface area contributed by atoms with Gasteiger partial charge in [-0.15, -0.1) is 0 Å². The third-order valence-electron chi connectivity index (χ3n) is 4.79. The molecule has 0 amide bonds. The second-order valence-corrected chi connectivity index (χ2v) is 7.03. The van der Waals surface area contributed by atoms with Gasteiger partial charge in [0.2, 0.25) is 0 Å². The van der Waals surface area contributed by atoms with Crippen LogP contribution < -0.4 is 9.47 Å². The summed E-state index contributed by atoms with van der Waals surface area (Å²) < 4.78 is 10.9. The van der Waals surface area contributed by atoms with Gasteiger partial charge in [-0.1, -0.05) is 30.3 Å². The first-order valence-electron chi connectivity index (χ1n) is 10.1. The van der Waals surface area contributed by atoms with E-state index in [1.165, 1.54) is 0 Å². The number of azo groups is 1. The SMILES string of the molecule is CCOc1ccc(C(=O)Oc2ccc(N=Nc3ccc4ccccc4c3)c(C)c2)cc1. The van der Waals surface area contributed by atoms with Crippen molar-refractivity contribution in [3.63, 3.8) is 0 Å². The summed E-state index contributed by atoms with van der Waals surface area (Å²) in [5.74, 6) is 0.755. The molecule has 0 aliphatic heterocycles. The third-order valence-corrected chi connectivity index (χ3v) is 4.79. The van der Waals surface area contributed by atoms with E-state index < -0.39 is 5.97 Å². The lowest BCUT2D eigenvalue weighted by atomic mass is 10.1. The molecular formula is C26H22N2O3. The molecule has 0 N–H and O–H groups in total. The number of aryl methyl sites for hydroxylation is 1. The molecule has 4 aromatic rings. The summed E-state index contributed by atoms with van der Waals surface area (Å²) >= 11 is 0. The zero-order chi connectivity index (χ0) is 21.6. The predicted molar refractivity (Wildman–Crippen MR) is 122 cm³/mol. The van der Waals surface area contributed by atoms with Crippen LogP contribution >= 0.6 is 0 Å². The van der Waals surface area contributed by atoms with Gasteiger partial charge in [-0.2, -0.15) is 10.2 Å². The van der Waals surface area contributed by atoms with Crippen molar-refractivity contribution in [2.45, 2.75) is 13.8 Å². The molecule has 31 heavy (non-hydrogen) atoms. The Labute approximate surface area is 181 Å². The highest BCUT2D eigenvalue weighted by Crippen LogP contribution is 2.28. The molecular weight excluding hydrogens is 388 g/mol. The second kappa shape index (κ2) is 9.22. The molecule has 0 heterocycles. The van der Waals surface area contributed by atoms with Gasteiger partial charge in [0.1, 0.15) is 11.5 Å². The van der Waals surface area contributed by atoms with Crippen molar-refractivity contribution in [1.82, 2.24) is 0 Å². The van der Waals surface area contributed by atoms with Crippen LogP contribution in [0.25, 0.3) is 10.8 Å². The zero-order valence-electron chi connectivity index (χ0n) is 17.4. The average Bonchev–Trinajstić information content (AvgIpc) is 2.79. The van der Waals surface area contributed by atoms with Gasteiger partial charge >= 0.3 is 5.97 Å².